The molecule has 7 heteroatoms. The number of carbonyl (C=O) groups is 2. The molecule has 2 aliphatic rings. The molecule has 20 heavy (non-hydrogen) atoms. The number of pyridine rings is 1. The number of nitrogens with zero attached hydrogens (tertiary/aromatic N) is 2. The molecular formula is C13H16N2O5. The minimum absolute atomic E-state index is 0.0112. The van der Waals surface area contributed by atoms with Gasteiger partial charge in [0, 0.05) is 19.4 Å². The predicted molar refractivity (Wildman–Crippen MR) is 69.6 cm³/mol. The molecule has 0 aromatic carbocycles. The van der Waals surface area contributed by atoms with Gasteiger partial charge in [-0.25, -0.2) is 0 Å². The smallest absolute Gasteiger partial charge is 0.273 e. The van der Waals surface area contributed by atoms with Crippen molar-refractivity contribution in [3.63, 3.8) is 0 Å². The zero-order valence-corrected chi connectivity index (χ0v) is 11.3. The third-order valence-corrected chi connectivity index (χ3v) is 3.41. The van der Waals surface area contributed by atoms with E-state index in [4.69, 9.17) is 9.84 Å². The van der Waals surface area contributed by atoms with E-state index >= 15 is 0 Å². The van der Waals surface area contributed by atoms with E-state index < -0.39 is 5.43 Å². The number of hydrogen-bond donors (Lipinski definition) is 1. The molecule has 1 saturated heterocycles. The molecule has 1 aromatic rings. The molecule has 1 amide bonds. The van der Waals surface area contributed by atoms with Crippen LogP contribution in [0.15, 0.2) is 17.1 Å². The Kier molecular flexibility index (Phi) is 4.01. The molecule has 2 unspecified atom stereocenters. The predicted octanol–water partition coefficient (Wildman–Crippen LogP) is -0.530. The van der Waals surface area contributed by atoms with Gasteiger partial charge in [0.25, 0.3) is 5.91 Å². The van der Waals surface area contributed by atoms with E-state index in [1.165, 1.54) is 12.3 Å². The second-order valence-electron chi connectivity index (χ2n) is 4.60. The van der Waals surface area contributed by atoms with E-state index in [0.29, 0.717) is 25.1 Å². The van der Waals surface area contributed by atoms with E-state index in [1.54, 1.807) is 9.47 Å². The van der Waals surface area contributed by atoms with Gasteiger partial charge in [0.2, 0.25) is 0 Å². The highest BCUT2D eigenvalue weighted by molar-refractivity contribution is 5.94. The summed E-state index contributed by atoms with van der Waals surface area (Å²) in [5.41, 5.74) is -0.0407. The van der Waals surface area contributed by atoms with Gasteiger partial charge >= 0.3 is 0 Å². The SMILES string of the molecule is CC1COC2Cn3cc(C=O)c(=O)cc3C(=O)N12.CO. The van der Waals surface area contributed by atoms with Crippen molar-refractivity contribution in [2.24, 2.45) is 0 Å². The lowest BCUT2D eigenvalue weighted by Crippen LogP contribution is -2.48. The fourth-order valence-corrected chi connectivity index (χ4v) is 2.48. The molecule has 3 heterocycles. The van der Waals surface area contributed by atoms with Crippen LogP contribution in [0.4, 0.5) is 0 Å². The van der Waals surface area contributed by atoms with E-state index in [2.05, 4.69) is 0 Å². The van der Waals surface area contributed by atoms with Crippen LogP contribution in [0.3, 0.4) is 0 Å². The van der Waals surface area contributed by atoms with Crippen molar-refractivity contribution in [2.45, 2.75) is 25.7 Å². The van der Waals surface area contributed by atoms with Crippen LogP contribution in [0.25, 0.3) is 0 Å². The number of amides is 1. The standard InChI is InChI=1S/C12H12N2O4.CH4O/c1-7-6-18-11-4-13-3-8(5-15)10(16)2-9(13)12(17)14(7)11;1-2/h2-3,5,7,11H,4,6H2,1H3;2H,1H3. The number of aldehydes is 1. The van der Waals surface area contributed by atoms with Crippen LogP contribution in [0.2, 0.25) is 0 Å². The second-order valence-corrected chi connectivity index (χ2v) is 4.60. The van der Waals surface area contributed by atoms with Gasteiger partial charge in [-0.05, 0) is 6.92 Å². The molecule has 0 spiro atoms. The molecule has 7 nitrogen and oxygen atoms in total. The molecule has 2 atom stereocenters. The molecule has 108 valence electrons. The number of ether oxygens (including phenoxy) is 1. The highest BCUT2D eigenvalue weighted by Gasteiger charge is 2.40. The molecule has 0 radical (unpaired) electrons. The minimum atomic E-state index is -0.421. The van der Waals surface area contributed by atoms with Gasteiger partial charge in [-0.2, -0.15) is 0 Å². The van der Waals surface area contributed by atoms with Gasteiger partial charge in [0.1, 0.15) is 5.69 Å². The summed E-state index contributed by atoms with van der Waals surface area (Å²) in [6.45, 7) is 2.85. The lowest BCUT2D eigenvalue weighted by atomic mass is 10.1. The van der Waals surface area contributed by atoms with Gasteiger partial charge < -0.3 is 19.3 Å². The maximum atomic E-state index is 12.3. The van der Waals surface area contributed by atoms with Crippen molar-refractivity contribution < 1.29 is 19.4 Å². The van der Waals surface area contributed by atoms with Gasteiger partial charge in [0.05, 0.1) is 24.8 Å². The van der Waals surface area contributed by atoms with Crippen molar-refractivity contribution in [3.05, 3.63) is 33.7 Å². The average molecular weight is 280 g/mol. The van der Waals surface area contributed by atoms with Crippen molar-refractivity contribution in [1.29, 1.82) is 0 Å². The summed E-state index contributed by atoms with van der Waals surface area (Å²) >= 11 is 0. The average Bonchev–Trinajstić information content (AvgIpc) is 2.83. The Labute approximate surface area is 115 Å². The molecular weight excluding hydrogens is 264 g/mol. The molecule has 1 fully saturated rings. The van der Waals surface area contributed by atoms with Crippen LogP contribution in [0.1, 0.15) is 27.8 Å². The zero-order valence-electron chi connectivity index (χ0n) is 11.3. The summed E-state index contributed by atoms with van der Waals surface area (Å²) in [6, 6.07) is 1.24. The first kappa shape index (κ1) is 14.4. The van der Waals surface area contributed by atoms with E-state index in [9.17, 15) is 14.4 Å². The molecule has 1 aromatic heterocycles. The van der Waals surface area contributed by atoms with E-state index in [0.717, 1.165) is 7.11 Å². The Bertz CT molecular complexity index is 595. The van der Waals surface area contributed by atoms with Crippen LogP contribution in [0.5, 0.6) is 0 Å². The first-order valence-corrected chi connectivity index (χ1v) is 6.20. The van der Waals surface area contributed by atoms with Gasteiger partial charge in [0.15, 0.2) is 17.9 Å². The highest BCUT2D eigenvalue weighted by Crippen LogP contribution is 2.25. The largest absolute Gasteiger partial charge is 0.400 e. The lowest BCUT2D eigenvalue weighted by Gasteiger charge is -2.33. The fraction of sp³-hybridized carbons (Fsp3) is 0.462. The van der Waals surface area contributed by atoms with Crippen molar-refractivity contribution in [2.75, 3.05) is 13.7 Å². The molecule has 0 bridgehead atoms. The summed E-state index contributed by atoms with van der Waals surface area (Å²) in [6.07, 6.45) is 1.62. The number of hydrogen-bond acceptors (Lipinski definition) is 5. The van der Waals surface area contributed by atoms with E-state index in [1.807, 2.05) is 6.92 Å². The molecule has 0 aliphatic carbocycles. The molecule has 2 aliphatic heterocycles. The van der Waals surface area contributed by atoms with Gasteiger partial charge in [-0.3, -0.25) is 14.4 Å². The number of aromatic nitrogens is 1. The number of aliphatic hydroxyl groups excluding tert-OH is 1. The first-order chi connectivity index (χ1) is 9.61. The number of aliphatic hydroxyl groups is 1. The Hall–Kier alpha value is -1.99. The fourth-order valence-electron chi connectivity index (χ4n) is 2.48. The van der Waals surface area contributed by atoms with Crippen molar-refractivity contribution >= 4 is 12.2 Å². The summed E-state index contributed by atoms with van der Waals surface area (Å²) in [4.78, 5) is 36.2. The lowest BCUT2D eigenvalue weighted by molar-refractivity contribution is 0.00677. The topological polar surface area (TPSA) is 88.8 Å². The maximum Gasteiger partial charge on any atom is 0.273 e. The Morgan fingerprint density at radius 1 is 1.40 bits per heavy atom. The van der Waals surface area contributed by atoms with Crippen LogP contribution >= 0.6 is 0 Å². The van der Waals surface area contributed by atoms with E-state index in [-0.39, 0.29) is 23.7 Å². The van der Waals surface area contributed by atoms with Gasteiger partial charge in [-0.1, -0.05) is 0 Å². The molecule has 1 N–H and O–H groups in total. The van der Waals surface area contributed by atoms with Crippen molar-refractivity contribution in [3.8, 4) is 0 Å². The number of carbonyl (C=O) groups excluding carboxylic acids is 2. The van der Waals surface area contributed by atoms with Gasteiger partial charge in [-0.15, -0.1) is 0 Å². The third-order valence-electron chi connectivity index (χ3n) is 3.41. The quantitative estimate of drug-likeness (QED) is 0.699. The maximum absolute atomic E-state index is 12.3. The monoisotopic (exact) mass is 280 g/mol. The van der Waals surface area contributed by atoms with Crippen LogP contribution in [-0.4, -0.2) is 52.8 Å². The Balaban J connectivity index is 0.000000704. The second kappa shape index (κ2) is 5.56. The van der Waals surface area contributed by atoms with Crippen LogP contribution in [-0.2, 0) is 11.3 Å². The third kappa shape index (κ3) is 2.14. The Morgan fingerprint density at radius 2 is 2.10 bits per heavy atom. The summed E-state index contributed by atoms with van der Waals surface area (Å²) in [5.74, 6) is -0.217. The Morgan fingerprint density at radius 3 is 2.75 bits per heavy atom. The number of fused-ring (bicyclic) bond motifs is 2. The molecule has 3 rings (SSSR count). The van der Waals surface area contributed by atoms with Crippen LogP contribution in [0, 0.1) is 0 Å². The zero-order chi connectivity index (χ0) is 14.9. The normalized spacial score (nSPS) is 23.6. The summed E-state index contributed by atoms with van der Waals surface area (Å²) in [7, 11) is 1.00. The number of rotatable bonds is 1. The summed E-state index contributed by atoms with van der Waals surface area (Å²) < 4.78 is 7.14. The van der Waals surface area contributed by atoms with Crippen LogP contribution < -0.4 is 5.43 Å². The molecule has 0 saturated carbocycles. The summed E-state index contributed by atoms with van der Waals surface area (Å²) in [5, 5.41) is 7.00. The van der Waals surface area contributed by atoms with Crippen molar-refractivity contribution in [1.82, 2.24) is 9.47 Å². The highest BCUT2D eigenvalue weighted by atomic mass is 16.5. The first-order valence-electron chi connectivity index (χ1n) is 6.20. The minimum Gasteiger partial charge on any atom is -0.400 e.